The number of nitrogens with zero attached hydrogens (tertiary/aromatic N) is 3. The molecule has 20 heavy (non-hydrogen) atoms. The van der Waals surface area contributed by atoms with Crippen LogP contribution in [0.4, 0.5) is 0 Å². The molecule has 0 amide bonds. The van der Waals surface area contributed by atoms with Crippen LogP contribution in [-0.4, -0.2) is 40.7 Å². The molecule has 1 fully saturated rings. The Morgan fingerprint density at radius 2 is 2.50 bits per heavy atom. The quantitative estimate of drug-likeness (QED) is 0.886. The maximum absolute atomic E-state index is 5.33. The summed E-state index contributed by atoms with van der Waals surface area (Å²) >= 11 is 1.62. The van der Waals surface area contributed by atoms with E-state index in [1.807, 2.05) is 17.5 Å². The summed E-state index contributed by atoms with van der Waals surface area (Å²) in [6, 6.07) is 4.61. The zero-order chi connectivity index (χ0) is 13.8. The van der Waals surface area contributed by atoms with E-state index < -0.39 is 0 Å². The maximum atomic E-state index is 5.33. The molecule has 0 bridgehead atoms. The molecule has 1 saturated heterocycles. The van der Waals surface area contributed by atoms with Gasteiger partial charge in [0.25, 0.3) is 5.89 Å². The Morgan fingerprint density at radius 3 is 3.20 bits per heavy atom. The molecule has 108 valence electrons. The van der Waals surface area contributed by atoms with Gasteiger partial charge in [-0.05, 0) is 37.4 Å². The van der Waals surface area contributed by atoms with E-state index in [1.165, 1.54) is 12.8 Å². The van der Waals surface area contributed by atoms with Crippen molar-refractivity contribution in [3.05, 3.63) is 23.3 Å². The monoisotopic (exact) mass is 292 g/mol. The van der Waals surface area contributed by atoms with Gasteiger partial charge in [-0.2, -0.15) is 4.98 Å². The number of hydrogen-bond acceptors (Lipinski definition) is 6. The molecule has 0 radical (unpaired) electrons. The summed E-state index contributed by atoms with van der Waals surface area (Å²) in [4.78, 5) is 7.88. The lowest BCUT2D eigenvalue weighted by Crippen LogP contribution is -2.37. The molecule has 1 unspecified atom stereocenters. The molecule has 0 aliphatic carbocycles. The number of thiophene rings is 1. The minimum absolute atomic E-state index is 0.610. The maximum Gasteiger partial charge on any atom is 0.268 e. The van der Waals surface area contributed by atoms with Crippen LogP contribution in [0, 0.1) is 0 Å². The van der Waals surface area contributed by atoms with Gasteiger partial charge in [0.05, 0.1) is 11.4 Å². The van der Waals surface area contributed by atoms with E-state index in [0.29, 0.717) is 11.9 Å². The average Bonchev–Trinajstić information content (AvgIpc) is 3.20. The predicted octanol–water partition coefficient (Wildman–Crippen LogP) is 2.37. The second-order valence-electron chi connectivity index (χ2n) is 5.11. The Morgan fingerprint density at radius 1 is 1.55 bits per heavy atom. The number of rotatable bonds is 6. The highest BCUT2D eigenvalue weighted by molar-refractivity contribution is 7.13. The highest BCUT2D eigenvalue weighted by Crippen LogP contribution is 2.22. The minimum Gasteiger partial charge on any atom is -0.333 e. The Hall–Kier alpha value is -1.24. The van der Waals surface area contributed by atoms with E-state index in [1.54, 1.807) is 11.3 Å². The molecule has 0 spiro atoms. The highest BCUT2D eigenvalue weighted by atomic mass is 32.1. The number of nitrogens with one attached hydrogen (secondary N) is 1. The van der Waals surface area contributed by atoms with Crippen molar-refractivity contribution in [3.63, 3.8) is 0 Å². The van der Waals surface area contributed by atoms with Gasteiger partial charge in [0, 0.05) is 12.6 Å². The van der Waals surface area contributed by atoms with Gasteiger partial charge in [0.1, 0.15) is 0 Å². The van der Waals surface area contributed by atoms with Gasteiger partial charge in [-0.1, -0.05) is 18.1 Å². The fraction of sp³-hybridized carbons (Fsp3) is 0.571. The molecule has 3 heterocycles. The van der Waals surface area contributed by atoms with Gasteiger partial charge in [0.2, 0.25) is 0 Å². The molecular weight excluding hydrogens is 272 g/mol. The summed E-state index contributed by atoms with van der Waals surface area (Å²) in [5.41, 5.74) is 0. The van der Waals surface area contributed by atoms with Gasteiger partial charge in [-0.25, -0.2) is 0 Å². The molecule has 2 aromatic rings. The molecule has 1 atom stereocenters. The second kappa shape index (κ2) is 6.47. The Balaban J connectivity index is 1.60. The van der Waals surface area contributed by atoms with E-state index in [9.17, 15) is 0 Å². The number of aromatic nitrogens is 2. The summed E-state index contributed by atoms with van der Waals surface area (Å²) in [5.74, 6) is 1.40. The normalized spacial score (nSPS) is 19.0. The number of likely N-dealkylation sites (N-methyl/N-ethyl adjacent to an activating group) is 1. The van der Waals surface area contributed by atoms with Crippen LogP contribution in [0.2, 0.25) is 0 Å². The largest absolute Gasteiger partial charge is 0.333 e. The summed E-state index contributed by atoms with van der Waals surface area (Å²) in [5, 5.41) is 9.64. The van der Waals surface area contributed by atoms with Crippen LogP contribution in [0.15, 0.2) is 22.0 Å². The van der Waals surface area contributed by atoms with E-state index >= 15 is 0 Å². The van der Waals surface area contributed by atoms with Crippen molar-refractivity contribution in [3.8, 4) is 10.8 Å². The van der Waals surface area contributed by atoms with Crippen LogP contribution in [0.3, 0.4) is 0 Å². The number of hydrogen-bond donors (Lipinski definition) is 1. The molecule has 1 aliphatic heterocycles. The summed E-state index contributed by atoms with van der Waals surface area (Å²) in [6.45, 7) is 6.13. The van der Waals surface area contributed by atoms with Crippen molar-refractivity contribution in [2.45, 2.75) is 32.4 Å². The first kappa shape index (κ1) is 13.7. The molecule has 1 aliphatic rings. The van der Waals surface area contributed by atoms with Gasteiger partial charge < -0.3 is 9.84 Å². The predicted molar refractivity (Wildman–Crippen MR) is 79.6 cm³/mol. The van der Waals surface area contributed by atoms with Crippen molar-refractivity contribution in [2.24, 2.45) is 0 Å². The minimum atomic E-state index is 0.610. The SMILES string of the molecule is CCN(Cc1noc(-c2cccs2)n1)CC1CCCN1. The molecule has 6 heteroatoms. The molecular formula is C14H20N4OS. The lowest BCUT2D eigenvalue weighted by Gasteiger charge is -2.22. The lowest BCUT2D eigenvalue weighted by molar-refractivity contribution is 0.244. The highest BCUT2D eigenvalue weighted by Gasteiger charge is 2.19. The van der Waals surface area contributed by atoms with Gasteiger partial charge in [-0.15, -0.1) is 11.3 Å². The molecule has 1 N–H and O–H groups in total. The van der Waals surface area contributed by atoms with E-state index in [-0.39, 0.29) is 0 Å². The van der Waals surface area contributed by atoms with Crippen LogP contribution in [0.1, 0.15) is 25.6 Å². The van der Waals surface area contributed by atoms with Crippen LogP contribution >= 0.6 is 11.3 Å². The smallest absolute Gasteiger partial charge is 0.268 e. The molecule has 5 nitrogen and oxygen atoms in total. The summed E-state index contributed by atoms with van der Waals surface area (Å²) < 4.78 is 5.33. The zero-order valence-electron chi connectivity index (χ0n) is 11.7. The van der Waals surface area contributed by atoms with Crippen molar-refractivity contribution >= 4 is 11.3 Å². The molecule has 0 aromatic carbocycles. The third-order valence-corrected chi connectivity index (χ3v) is 4.51. The van der Waals surface area contributed by atoms with Crippen molar-refractivity contribution in [1.29, 1.82) is 0 Å². The van der Waals surface area contributed by atoms with Crippen molar-refractivity contribution < 1.29 is 4.52 Å². The van der Waals surface area contributed by atoms with Crippen LogP contribution in [0.25, 0.3) is 10.8 Å². The Kier molecular flexibility index (Phi) is 4.44. The third-order valence-electron chi connectivity index (χ3n) is 3.65. The third kappa shape index (κ3) is 3.26. The van der Waals surface area contributed by atoms with Crippen molar-refractivity contribution in [2.75, 3.05) is 19.6 Å². The first-order chi connectivity index (χ1) is 9.85. The fourth-order valence-corrected chi connectivity index (χ4v) is 3.19. The second-order valence-corrected chi connectivity index (χ2v) is 6.06. The van der Waals surface area contributed by atoms with Crippen molar-refractivity contribution in [1.82, 2.24) is 20.4 Å². The summed E-state index contributed by atoms with van der Waals surface area (Å²) in [6.07, 6.45) is 2.55. The molecule has 2 aromatic heterocycles. The van der Waals surface area contributed by atoms with E-state index in [0.717, 1.165) is 36.9 Å². The van der Waals surface area contributed by atoms with Crippen LogP contribution in [-0.2, 0) is 6.54 Å². The lowest BCUT2D eigenvalue weighted by atomic mass is 10.2. The summed E-state index contributed by atoms with van der Waals surface area (Å²) in [7, 11) is 0. The van der Waals surface area contributed by atoms with E-state index in [4.69, 9.17) is 4.52 Å². The van der Waals surface area contributed by atoms with Gasteiger partial charge in [-0.3, -0.25) is 4.90 Å². The molecule has 0 saturated carbocycles. The Bertz CT molecular complexity index is 519. The Labute approximate surface area is 123 Å². The molecule has 3 rings (SSSR count). The van der Waals surface area contributed by atoms with Gasteiger partial charge >= 0.3 is 0 Å². The first-order valence-electron chi connectivity index (χ1n) is 7.17. The zero-order valence-corrected chi connectivity index (χ0v) is 12.5. The standard InChI is InChI=1S/C14H20N4OS/c1-2-18(9-11-5-3-7-15-11)10-13-16-14(19-17-13)12-6-4-8-20-12/h4,6,8,11,15H,2-3,5,7,9-10H2,1H3. The fourth-order valence-electron chi connectivity index (χ4n) is 2.55. The van der Waals surface area contributed by atoms with Gasteiger partial charge in [0.15, 0.2) is 5.82 Å². The average molecular weight is 292 g/mol. The first-order valence-corrected chi connectivity index (χ1v) is 8.05. The van der Waals surface area contributed by atoms with Crippen LogP contribution in [0.5, 0.6) is 0 Å². The topological polar surface area (TPSA) is 54.2 Å². The van der Waals surface area contributed by atoms with E-state index in [2.05, 4.69) is 27.3 Å². The van der Waals surface area contributed by atoms with Crippen LogP contribution < -0.4 is 5.32 Å².